The molecule has 1 rings (SSSR count). The van der Waals surface area contributed by atoms with Gasteiger partial charge >= 0.3 is 0 Å². The largest absolute Gasteiger partial charge is 0.389 e. The average Bonchev–Trinajstić information content (AvgIpc) is 2.36. The summed E-state index contributed by atoms with van der Waals surface area (Å²) in [6.07, 6.45) is 0.836. The van der Waals surface area contributed by atoms with Gasteiger partial charge in [0.2, 0.25) is 10.0 Å². The van der Waals surface area contributed by atoms with Gasteiger partial charge in [-0.15, -0.1) is 0 Å². The Kier molecular flexibility index (Phi) is 6.31. The molecule has 2 N–H and O–H groups in total. The summed E-state index contributed by atoms with van der Waals surface area (Å²) in [5, 5.41) is 0. The summed E-state index contributed by atoms with van der Waals surface area (Å²) in [5.74, 6) is 0.415. The van der Waals surface area contributed by atoms with Gasteiger partial charge in [0.25, 0.3) is 0 Å². The smallest absolute Gasteiger partial charge is 0.218 e. The molecule has 21 heavy (non-hydrogen) atoms. The molecule has 0 spiro atoms. The van der Waals surface area contributed by atoms with Crippen molar-refractivity contribution in [3.8, 4) is 0 Å². The maximum atomic E-state index is 12.5. The Hall–Kier alpha value is -0.980. The predicted molar refractivity (Wildman–Crippen MR) is 91.6 cm³/mol. The van der Waals surface area contributed by atoms with Crippen LogP contribution in [-0.2, 0) is 15.8 Å². The van der Waals surface area contributed by atoms with Gasteiger partial charge in [-0.2, -0.15) is 0 Å². The summed E-state index contributed by atoms with van der Waals surface area (Å²) in [6.45, 7) is 6.11. The van der Waals surface area contributed by atoms with Gasteiger partial charge in [-0.1, -0.05) is 44.3 Å². The van der Waals surface area contributed by atoms with Crippen molar-refractivity contribution in [3.05, 3.63) is 35.4 Å². The first-order valence-electron chi connectivity index (χ1n) is 6.98. The van der Waals surface area contributed by atoms with Gasteiger partial charge in [-0.3, -0.25) is 0 Å². The lowest BCUT2D eigenvalue weighted by Crippen LogP contribution is -2.36. The van der Waals surface area contributed by atoms with E-state index in [4.69, 9.17) is 18.0 Å². The number of thiocarbonyl (C=S) groups is 1. The third-order valence-electron chi connectivity index (χ3n) is 3.43. The van der Waals surface area contributed by atoms with E-state index in [2.05, 4.69) is 13.8 Å². The van der Waals surface area contributed by atoms with E-state index in [0.29, 0.717) is 17.0 Å². The van der Waals surface area contributed by atoms with Crippen LogP contribution in [0.5, 0.6) is 0 Å². The molecule has 1 aromatic rings. The number of nitrogens with zero attached hydrogens (tertiary/aromatic N) is 1. The molecular formula is C15H24N2O2S2. The van der Waals surface area contributed by atoms with Crippen LogP contribution in [0.4, 0.5) is 0 Å². The normalized spacial score (nSPS) is 13.6. The number of sulfonamides is 1. The molecule has 0 aliphatic heterocycles. The summed E-state index contributed by atoms with van der Waals surface area (Å²) < 4.78 is 26.4. The van der Waals surface area contributed by atoms with Crippen LogP contribution in [0.3, 0.4) is 0 Å². The Morgan fingerprint density at radius 2 is 1.95 bits per heavy atom. The molecule has 0 fully saturated rings. The molecule has 0 aliphatic carbocycles. The van der Waals surface area contributed by atoms with E-state index >= 15 is 0 Å². The van der Waals surface area contributed by atoms with Crippen LogP contribution in [0.2, 0.25) is 0 Å². The van der Waals surface area contributed by atoms with Gasteiger partial charge in [-0.05, 0) is 30.9 Å². The number of benzene rings is 1. The molecule has 0 aliphatic rings. The lowest BCUT2D eigenvalue weighted by Gasteiger charge is -2.25. The Morgan fingerprint density at radius 1 is 1.33 bits per heavy atom. The van der Waals surface area contributed by atoms with E-state index < -0.39 is 10.0 Å². The van der Waals surface area contributed by atoms with Gasteiger partial charge < -0.3 is 5.73 Å². The van der Waals surface area contributed by atoms with Crippen molar-refractivity contribution in [2.24, 2.45) is 11.7 Å². The molecule has 0 saturated carbocycles. The molecule has 0 aromatic heterocycles. The maximum Gasteiger partial charge on any atom is 0.218 e. The summed E-state index contributed by atoms with van der Waals surface area (Å²) in [7, 11) is -1.71. The van der Waals surface area contributed by atoms with Crippen molar-refractivity contribution in [3.63, 3.8) is 0 Å². The van der Waals surface area contributed by atoms with Crippen molar-refractivity contribution in [2.75, 3.05) is 7.05 Å². The Bertz CT molecular complexity index is 597. The molecule has 0 amide bonds. The van der Waals surface area contributed by atoms with Crippen LogP contribution in [0.25, 0.3) is 0 Å². The second-order valence-electron chi connectivity index (χ2n) is 5.82. The standard InChI is InChI=1S/C15H24N2O2S2/c1-11(2)8-12(3)17(4)21(18,19)10-13-6-5-7-14(9-13)15(16)20/h5-7,9,11-12H,8,10H2,1-4H3,(H2,16,20). The Balaban J connectivity index is 2.89. The van der Waals surface area contributed by atoms with Crippen LogP contribution < -0.4 is 5.73 Å². The minimum Gasteiger partial charge on any atom is -0.389 e. The lowest BCUT2D eigenvalue weighted by atomic mass is 10.1. The first-order valence-corrected chi connectivity index (χ1v) is 8.99. The highest BCUT2D eigenvalue weighted by molar-refractivity contribution is 7.88. The maximum absolute atomic E-state index is 12.5. The van der Waals surface area contributed by atoms with Crippen molar-refractivity contribution in [1.29, 1.82) is 0 Å². The summed E-state index contributed by atoms with van der Waals surface area (Å²) in [6, 6.07) is 7.05. The fraction of sp³-hybridized carbons (Fsp3) is 0.533. The third-order valence-corrected chi connectivity index (χ3v) is 5.60. The molecule has 0 saturated heterocycles. The van der Waals surface area contributed by atoms with Crippen molar-refractivity contribution in [2.45, 2.75) is 39.0 Å². The predicted octanol–water partition coefficient (Wildman–Crippen LogP) is 2.52. The van der Waals surface area contributed by atoms with Crippen molar-refractivity contribution in [1.82, 2.24) is 4.31 Å². The van der Waals surface area contributed by atoms with Crippen molar-refractivity contribution >= 4 is 27.2 Å². The second kappa shape index (κ2) is 7.33. The van der Waals surface area contributed by atoms with Crippen LogP contribution in [0, 0.1) is 5.92 Å². The Labute approximate surface area is 133 Å². The zero-order valence-corrected chi connectivity index (χ0v) is 14.7. The number of hydrogen-bond acceptors (Lipinski definition) is 3. The zero-order chi connectivity index (χ0) is 16.2. The quantitative estimate of drug-likeness (QED) is 0.781. The monoisotopic (exact) mass is 328 g/mol. The average molecular weight is 329 g/mol. The summed E-state index contributed by atoms with van der Waals surface area (Å²) in [4.78, 5) is 0.274. The molecule has 118 valence electrons. The molecule has 0 bridgehead atoms. The molecule has 0 radical (unpaired) electrons. The van der Waals surface area contributed by atoms with E-state index in [9.17, 15) is 8.42 Å². The Morgan fingerprint density at radius 3 is 2.48 bits per heavy atom. The molecular weight excluding hydrogens is 304 g/mol. The van der Waals surface area contributed by atoms with Gasteiger partial charge in [0.1, 0.15) is 4.99 Å². The van der Waals surface area contributed by atoms with E-state index in [1.54, 1.807) is 31.3 Å². The SMILES string of the molecule is CC(C)CC(C)N(C)S(=O)(=O)Cc1cccc(C(N)=S)c1. The van der Waals surface area contributed by atoms with Crippen LogP contribution in [0.1, 0.15) is 38.3 Å². The third kappa shape index (κ3) is 5.37. The lowest BCUT2D eigenvalue weighted by molar-refractivity contribution is 0.337. The van der Waals surface area contributed by atoms with Crippen LogP contribution >= 0.6 is 12.2 Å². The fourth-order valence-corrected chi connectivity index (χ4v) is 3.80. The molecule has 6 heteroatoms. The minimum atomic E-state index is -3.35. The first kappa shape index (κ1) is 18.1. The van der Waals surface area contributed by atoms with Crippen LogP contribution in [0.15, 0.2) is 24.3 Å². The highest BCUT2D eigenvalue weighted by Gasteiger charge is 2.24. The highest BCUT2D eigenvalue weighted by atomic mass is 32.2. The first-order chi connectivity index (χ1) is 9.63. The van der Waals surface area contributed by atoms with Gasteiger partial charge in [-0.25, -0.2) is 12.7 Å². The number of hydrogen-bond donors (Lipinski definition) is 1. The topological polar surface area (TPSA) is 63.4 Å². The fourth-order valence-electron chi connectivity index (χ4n) is 2.23. The molecule has 4 nitrogen and oxygen atoms in total. The van der Waals surface area contributed by atoms with E-state index in [-0.39, 0.29) is 16.8 Å². The minimum absolute atomic E-state index is 0.0197. The molecule has 0 heterocycles. The molecule has 1 unspecified atom stereocenters. The van der Waals surface area contributed by atoms with Gasteiger partial charge in [0.05, 0.1) is 5.75 Å². The highest BCUT2D eigenvalue weighted by Crippen LogP contribution is 2.17. The van der Waals surface area contributed by atoms with Gasteiger partial charge in [0.15, 0.2) is 0 Å². The number of nitrogens with two attached hydrogens (primary N) is 1. The van der Waals surface area contributed by atoms with Crippen LogP contribution in [-0.4, -0.2) is 30.8 Å². The summed E-state index contributed by atoms with van der Waals surface area (Å²) in [5.41, 5.74) is 6.97. The molecule has 1 atom stereocenters. The number of rotatable bonds is 7. The van der Waals surface area contributed by atoms with Crippen molar-refractivity contribution < 1.29 is 8.42 Å². The summed E-state index contributed by atoms with van der Waals surface area (Å²) >= 11 is 4.92. The second-order valence-corrected chi connectivity index (χ2v) is 8.28. The molecule has 1 aromatic carbocycles. The van der Waals surface area contributed by atoms with E-state index in [1.807, 2.05) is 6.92 Å². The van der Waals surface area contributed by atoms with E-state index in [1.165, 1.54) is 4.31 Å². The van der Waals surface area contributed by atoms with Gasteiger partial charge in [0, 0.05) is 18.7 Å². The van der Waals surface area contributed by atoms with E-state index in [0.717, 1.165) is 6.42 Å². The zero-order valence-electron chi connectivity index (χ0n) is 13.0.